The van der Waals surface area contributed by atoms with E-state index in [0.29, 0.717) is 0 Å². The zero-order valence-corrected chi connectivity index (χ0v) is 8.94. The number of aromatic nitrogens is 4. The van der Waals surface area contributed by atoms with E-state index >= 15 is 0 Å². The van der Waals surface area contributed by atoms with Crippen molar-refractivity contribution >= 4 is 0 Å². The van der Waals surface area contributed by atoms with E-state index in [9.17, 15) is 0 Å². The summed E-state index contributed by atoms with van der Waals surface area (Å²) in [6, 6.07) is 2.28. The zero-order chi connectivity index (χ0) is 10.7. The Hall–Kier alpha value is -1.62. The Bertz CT molecular complexity index is 403. The Labute approximate surface area is 88.5 Å². The van der Waals surface area contributed by atoms with Gasteiger partial charge in [0.2, 0.25) is 0 Å². The van der Waals surface area contributed by atoms with Crippen molar-refractivity contribution in [2.45, 2.75) is 19.5 Å². The van der Waals surface area contributed by atoms with Crippen LogP contribution in [0.3, 0.4) is 0 Å². The highest BCUT2D eigenvalue weighted by Gasteiger charge is 2.08. The molecular weight excluding hydrogens is 190 g/mol. The molecule has 0 spiro atoms. The van der Waals surface area contributed by atoms with Gasteiger partial charge in [-0.3, -0.25) is 4.68 Å². The molecule has 0 saturated heterocycles. The van der Waals surface area contributed by atoms with Gasteiger partial charge in [0.25, 0.3) is 0 Å². The van der Waals surface area contributed by atoms with Crippen molar-refractivity contribution in [1.29, 1.82) is 0 Å². The predicted octanol–water partition coefficient (Wildman–Crippen LogP) is 0.994. The summed E-state index contributed by atoms with van der Waals surface area (Å²) in [7, 11) is 1.94. The Kier molecular flexibility index (Phi) is 2.82. The van der Waals surface area contributed by atoms with Gasteiger partial charge >= 0.3 is 0 Å². The van der Waals surface area contributed by atoms with Crippen molar-refractivity contribution in [1.82, 2.24) is 25.1 Å². The Morgan fingerprint density at radius 1 is 1.53 bits per heavy atom. The van der Waals surface area contributed by atoms with E-state index in [1.807, 2.05) is 24.0 Å². The second-order valence-electron chi connectivity index (χ2n) is 3.52. The van der Waals surface area contributed by atoms with Gasteiger partial charge in [-0.2, -0.15) is 5.10 Å². The van der Waals surface area contributed by atoms with Crippen LogP contribution in [0.1, 0.15) is 24.5 Å². The normalized spacial score (nSPS) is 12.9. The molecule has 0 aliphatic carbocycles. The minimum absolute atomic E-state index is 0.266. The summed E-state index contributed by atoms with van der Waals surface area (Å²) in [5, 5.41) is 7.51. The van der Waals surface area contributed by atoms with Gasteiger partial charge in [0, 0.05) is 31.7 Å². The van der Waals surface area contributed by atoms with Crippen molar-refractivity contribution < 1.29 is 0 Å². The molecule has 0 aliphatic rings. The lowest BCUT2D eigenvalue weighted by Crippen LogP contribution is -2.21. The highest BCUT2D eigenvalue weighted by Crippen LogP contribution is 2.10. The average molecular weight is 205 g/mol. The molecule has 1 atom stereocenters. The first-order chi connectivity index (χ1) is 7.27. The van der Waals surface area contributed by atoms with Crippen molar-refractivity contribution in [3.8, 4) is 0 Å². The van der Waals surface area contributed by atoms with Gasteiger partial charge in [0.1, 0.15) is 5.82 Å². The minimum Gasteiger partial charge on any atom is -0.348 e. The molecule has 5 heteroatoms. The van der Waals surface area contributed by atoms with E-state index in [2.05, 4.69) is 27.3 Å². The second-order valence-corrected chi connectivity index (χ2v) is 3.52. The van der Waals surface area contributed by atoms with Crippen LogP contribution in [0.15, 0.2) is 24.7 Å². The Morgan fingerprint density at radius 2 is 2.40 bits per heavy atom. The first-order valence-corrected chi connectivity index (χ1v) is 4.97. The maximum atomic E-state index is 4.15. The molecule has 0 bridgehead atoms. The lowest BCUT2D eigenvalue weighted by atomic mass is 10.2. The number of rotatable bonds is 4. The predicted molar refractivity (Wildman–Crippen MR) is 57.1 cm³/mol. The Balaban J connectivity index is 1.93. The summed E-state index contributed by atoms with van der Waals surface area (Å²) in [5.74, 6) is 0.948. The summed E-state index contributed by atoms with van der Waals surface area (Å²) in [5.41, 5.74) is 1.17. The van der Waals surface area contributed by atoms with Crippen LogP contribution in [0, 0.1) is 0 Å². The van der Waals surface area contributed by atoms with E-state index in [1.54, 1.807) is 12.4 Å². The van der Waals surface area contributed by atoms with E-state index in [4.69, 9.17) is 0 Å². The van der Waals surface area contributed by atoms with Crippen LogP contribution in [0.5, 0.6) is 0 Å². The molecular formula is C10H15N5. The van der Waals surface area contributed by atoms with Crippen LogP contribution >= 0.6 is 0 Å². The standard InChI is InChI=1S/C10H15N5/c1-8(9-3-4-14-15(9)2)13-7-10-11-5-6-12-10/h3-6,8,13H,7H2,1-2H3,(H,11,12). The molecule has 0 amide bonds. The molecule has 2 rings (SSSR count). The molecule has 0 saturated carbocycles. The number of aryl methyl sites for hydroxylation is 1. The summed E-state index contributed by atoms with van der Waals surface area (Å²) in [6.07, 6.45) is 5.39. The molecule has 2 N–H and O–H groups in total. The van der Waals surface area contributed by atoms with Gasteiger partial charge in [-0.05, 0) is 13.0 Å². The van der Waals surface area contributed by atoms with E-state index < -0.39 is 0 Å². The maximum Gasteiger partial charge on any atom is 0.120 e. The zero-order valence-electron chi connectivity index (χ0n) is 8.94. The van der Waals surface area contributed by atoms with Crippen LogP contribution in [0.4, 0.5) is 0 Å². The molecule has 2 aromatic rings. The largest absolute Gasteiger partial charge is 0.348 e. The van der Waals surface area contributed by atoms with Crippen molar-refractivity contribution in [2.75, 3.05) is 0 Å². The van der Waals surface area contributed by atoms with Crippen LogP contribution in [0.25, 0.3) is 0 Å². The van der Waals surface area contributed by atoms with E-state index in [1.165, 1.54) is 5.69 Å². The summed E-state index contributed by atoms with van der Waals surface area (Å²) in [6.45, 7) is 2.85. The van der Waals surface area contributed by atoms with E-state index in [0.717, 1.165) is 12.4 Å². The number of imidazole rings is 1. The molecule has 0 aromatic carbocycles. The van der Waals surface area contributed by atoms with Gasteiger partial charge in [-0.25, -0.2) is 4.98 Å². The van der Waals surface area contributed by atoms with Crippen molar-refractivity contribution in [3.63, 3.8) is 0 Å². The molecule has 0 radical (unpaired) electrons. The van der Waals surface area contributed by atoms with Crippen molar-refractivity contribution in [3.05, 3.63) is 36.2 Å². The number of aromatic amines is 1. The number of nitrogens with one attached hydrogen (secondary N) is 2. The molecule has 5 nitrogen and oxygen atoms in total. The number of hydrogen-bond acceptors (Lipinski definition) is 3. The van der Waals surface area contributed by atoms with Gasteiger partial charge in [0.05, 0.1) is 12.2 Å². The first-order valence-electron chi connectivity index (χ1n) is 4.97. The van der Waals surface area contributed by atoms with Crippen molar-refractivity contribution in [2.24, 2.45) is 7.05 Å². The SMILES string of the molecule is CC(NCc1ncc[nH]1)c1ccnn1C. The molecule has 0 fully saturated rings. The maximum absolute atomic E-state index is 4.15. The number of hydrogen-bond donors (Lipinski definition) is 2. The highest BCUT2D eigenvalue weighted by molar-refractivity contribution is 5.05. The lowest BCUT2D eigenvalue weighted by molar-refractivity contribution is 0.521. The average Bonchev–Trinajstić information content (AvgIpc) is 2.84. The van der Waals surface area contributed by atoms with Gasteiger partial charge in [-0.1, -0.05) is 0 Å². The second kappa shape index (κ2) is 4.27. The highest BCUT2D eigenvalue weighted by atomic mass is 15.3. The van der Waals surface area contributed by atoms with Crippen LogP contribution in [-0.2, 0) is 13.6 Å². The third kappa shape index (κ3) is 2.24. The third-order valence-corrected chi connectivity index (χ3v) is 2.43. The van der Waals surface area contributed by atoms with Crippen LogP contribution < -0.4 is 5.32 Å². The van der Waals surface area contributed by atoms with Crippen LogP contribution in [-0.4, -0.2) is 19.7 Å². The summed E-state index contributed by atoms with van der Waals surface area (Å²) < 4.78 is 1.87. The fourth-order valence-corrected chi connectivity index (χ4v) is 1.56. The molecule has 2 heterocycles. The summed E-state index contributed by atoms with van der Waals surface area (Å²) >= 11 is 0. The smallest absolute Gasteiger partial charge is 0.120 e. The summed E-state index contributed by atoms with van der Waals surface area (Å²) in [4.78, 5) is 7.21. The van der Waals surface area contributed by atoms with E-state index in [-0.39, 0.29) is 6.04 Å². The first kappa shape index (κ1) is 9.92. The monoisotopic (exact) mass is 205 g/mol. The van der Waals surface area contributed by atoms with Gasteiger partial charge < -0.3 is 10.3 Å². The number of nitrogens with zero attached hydrogens (tertiary/aromatic N) is 3. The molecule has 2 aromatic heterocycles. The molecule has 0 aliphatic heterocycles. The third-order valence-electron chi connectivity index (χ3n) is 2.43. The topological polar surface area (TPSA) is 58.5 Å². The quantitative estimate of drug-likeness (QED) is 0.782. The fourth-order valence-electron chi connectivity index (χ4n) is 1.56. The fraction of sp³-hybridized carbons (Fsp3) is 0.400. The lowest BCUT2D eigenvalue weighted by Gasteiger charge is -2.12. The van der Waals surface area contributed by atoms with Crippen LogP contribution in [0.2, 0.25) is 0 Å². The minimum atomic E-state index is 0.266. The molecule has 80 valence electrons. The Morgan fingerprint density at radius 3 is 3.00 bits per heavy atom. The van der Waals surface area contributed by atoms with Gasteiger partial charge in [0.15, 0.2) is 0 Å². The number of H-pyrrole nitrogens is 1. The van der Waals surface area contributed by atoms with Gasteiger partial charge in [-0.15, -0.1) is 0 Å². The molecule has 15 heavy (non-hydrogen) atoms. The molecule has 1 unspecified atom stereocenters.